The molecule has 0 bridgehead atoms. The number of carboxylic acids is 1. The van der Waals surface area contributed by atoms with Crippen LogP contribution in [0.1, 0.15) is 23.7 Å². The number of aliphatic carboxylic acids is 1. The van der Waals surface area contributed by atoms with Crippen LogP contribution in [0.2, 0.25) is 0 Å². The molecule has 1 heterocycles. The van der Waals surface area contributed by atoms with Crippen molar-refractivity contribution in [3.8, 4) is 5.75 Å². The molecule has 1 aliphatic heterocycles. The normalized spacial score (nSPS) is 17.3. The zero-order valence-corrected chi connectivity index (χ0v) is 15.7. The minimum absolute atomic E-state index is 0.0746. The second-order valence-electron chi connectivity index (χ2n) is 6.18. The highest BCUT2D eigenvalue weighted by Gasteiger charge is 2.19. The Balaban J connectivity index is 1.65. The monoisotopic (exact) mass is 387 g/mol. The molecule has 142 valence electrons. The molecule has 0 aliphatic carbocycles. The minimum Gasteiger partial charge on any atom is -0.488 e. The number of amides is 1. The molecule has 1 saturated heterocycles. The van der Waals surface area contributed by atoms with Gasteiger partial charge in [0.2, 0.25) is 0 Å². The van der Waals surface area contributed by atoms with Crippen molar-refractivity contribution >= 4 is 29.3 Å². The van der Waals surface area contributed by atoms with E-state index in [-0.39, 0.29) is 12.0 Å². The number of carbonyl (C=O) groups is 2. The van der Waals surface area contributed by atoms with Gasteiger partial charge in [0.05, 0.1) is 18.8 Å². The maximum absolute atomic E-state index is 12.6. The molecule has 0 saturated carbocycles. The fraction of sp³-hybridized carbons (Fsp3) is 0.300. The minimum atomic E-state index is -0.918. The predicted octanol–water partition coefficient (Wildman–Crippen LogP) is 3.67. The topological polar surface area (TPSA) is 84.9 Å². The number of benzene rings is 2. The molecule has 2 aromatic carbocycles. The third kappa shape index (κ3) is 5.24. The Labute approximate surface area is 161 Å². The molecule has 2 N–H and O–H groups in total. The Kier molecular flexibility index (Phi) is 6.36. The molecule has 3 rings (SSSR count). The molecule has 2 unspecified atom stereocenters. The number of ether oxygens (including phenoxy) is 2. The second kappa shape index (κ2) is 8.92. The van der Waals surface area contributed by atoms with Crippen molar-refractivity contribution in [3.05, 3.63) is 54.1 Å². The van der Waals surface area contributed by atoms with Crippen LogP contribution in [0.15, 0.2) is 53.4 Å². The van der Waals surface area contributed by atoms with Gasteiger partial charge in [-0.15, -0.1) is 11.8 Å². The molecule has 7 heteroatoms. The first-order valence-electron chi connectivity index (χ1n) is 8.67. The number of rotatable bonds is 7. The lowest BCUT2D eigenvalue weighted by Gasteiger charge is -2.13. The van der Waals surface area contributed by atoms with E-state index in [2.05, 4.69) is 5.32 Å². The first-order valence-corrected chi connectivity index (χ1v) is 9.55. The van der Waals surface area contributed by atoms with Gasteiger partial charge in [0.25, 0.3) is 5.91 Å². The summed E-state index contributed by atoms with van der Waals surface area (Å²) in [6, 6.07) is 14.1. The van der Waals surface area contributed by atoms with Crippen molar-refractivity contribution in [2.75, 3.05) is 18.5 Å². The molecule has 0 radical (unpaired) electrons. The maximum atomic E-state index is 12.6. The summed E-state index contributed by atoms with van der Waals surface area (Å²) in [5.41, 5.74) is 1.08. The van der Waals surface area contributed by atoms with E-state index in [0.29, 0.717) is 22.8 Å². The Hall–Kier alpha value is -2.51. The molecule has 1 amide bonds. The molecule has 0 aromatic heterocycles. The summed E-state index contributed by atoms with van der Waals surface area (Å²) in [7, 11) is 0. The Morgan fingerprint density at radius 3 is 2.63 bits per heavy atom. The summed E-state index contributed by atoms with van der Waals surface area (Å²) in [5.74, 6) is -0.471. The van der Waals surface area contributed by atoms with Gasteiger partial charge in [-0.2, -0.15) is 0 Å². The van der Waals surface area contributed by atoms with Gasteiger partial charge < -0.3 is 19.9 Å². The Morgan fingerprint density at radius 2 is 1.96 bits per heavy atom. The lowest BCUT2D eigenvalue weighted by atomic mass is 10.2. The van der Waals surface area contributed by atoms with E-state index in [1.54, 1.807) is 55.5 Å². The smallest absolute Gasteiger partial charge is 0.316 e. The number of hydrogen-bond donors (Lipinski definition) is 2. The van der Waals surface area contributed by atoms with Gasteiger partial charge in [-0.1, -0.05) is 12.1 Å². The van der Waals surface area contributed by atoms with E-state index in [1.807, 2.05) is 0 Å². The molecule has 0 spiro atoms. The standard InChI is InChI=1S/C20H21NO5S/c1-13(20(23)24)27-18-5-3-2-4-17(18)19(22)21-14-6-8-15(9-7-14)26-16-10-11-25-12-16/h2-9,13,16H,10-12H2,1H3,(H,21,22)(H,23,24). The fourth-order valence-corrected chi connectivity index (χ4v) is 3.54. The molecule has 1 fully saturated rings. The van der Waals surface area contributed by atoms with Gasteiger partial charge in [-0.3, -0.25) is 9.59 Å². The van der Waals surface area contributed by atoms with Crippen molar-refractivity contribution < 1.29 is 24.2 Å². The Morgan fingerprint density at radius 1 is 1.22 bits per heavy atom. The number of carboxylic acid groups (broad SMARTS) is 1. The summed E-state index contributed by atoms with van der Waals surface area (Å²) in [6.07, 6.45) is 0.951. The van der Waals surface area contributed by atoms with Gasteiger partial charge in [0.1, 0.15) is 17.1 Å². The average Bonchev–Trinajstić information content (AvgIpc) is 3.16. The van der Waals surface area contributed by atoms with Gasteiger partial charge in [-0.25, -0.2) is 0 Å². The molecular weight excluding hydrogens is 366 g/mol. The zero-order chi connectivity index (χ0) is 19.2. The zero-order valence-electron chi connectivity index (χ0n) is 14.9. The van der Waals surface area contributed by atoms with Crippen molar-refractivity contribution in [3.63, 3.8) is 0 Å². The van der Waals surface area contributed by atoms with Crippen molar-refractivity contribution in [2.45, 2.75) is 29.6 Å². The van der Waals surface area contributed by atoms with Crippen LogP contribution in [0.25, 0.3) is 0 Å². The maximum Gasteiger partial charge on any atom is 0.316 e. The van der Waals surface area contributed by atoms with Gasteiger partial charge >= 0.3 is 5.97 Å². The van der Waals surface area contributed by atoms with Crippen LogP contribution in [0, 0.1) is 0 Å². The van der Waals surface area contributed by atoms with Crippen LogP contribution >= 0.6 is 11.8 Å². The number of carbonyl (C=O) groups excluding carboxylic acids is 1. The number of hydrogen-bond acceptors (Lipinski definition) is 5. The van der Waals surface area contributed by atoms with E-state index in [0.717, 1.165) is 30.5 Å². The number of anilines is 1. The molecule has 6 nitrogen and oxygen atoms in total. The van der Waals surface area contributed by atoms with Crippen LogP contribution < -0.4 is 10.1 Å². The van der Waals surface area contributed by atoms with E-state index < -0.39 is 11.2 Å². The molecule has 1 aliphatic rings. The molecular formula is C20H21NO5S. The van der Waals surface area contributed by atoms with E-state index in [9.17, 15) is 9.59 Å². The second-order valence-corrected chi connectivity index (χ2v) is 7.56. The first-order chi connectivity index (χ1) is 13.0. The van der Waals surface area contributed by atoms with Crippen LogP contribution in [-0.4, -0.2) is 41.6 Å². The fourth-order valence-electron chi connectivity index (χ4n) is 2.61. The highest BCUT2D eigenvalue weighted by Crippen LogP contribution is 2.28. The summed E-state index contributed by atoms with van der Waals surface area (Å²) in [6.45, 7) is 2.91. The van der Waals surface area contributed by atoms with Crippen molar-refractivity contribution in [2.24, 2.45) is 0 Å². The Bertz CT molecular complexity index is 802. The van der Waals surface area contributed by atoms with Gasteiger partial charge in [-0.05, 0) is 43.3 Å². The van der Waals surface area contributed by atoms with Crippen molar-refractivity contribution in [1.29, 1.82) is 0 Å². The number of nitrogens with one attached hydrogen (secondary N) is 1. The third-order valence-corrected chi connectivity index (χ3v) is 5.25. The van der Waals surface area contributed by atoms with Gasteiger partial charge in [0.15, 0.2) is 0 Å². The summed E-state index contributed by atoms with van der Waals surface area (Å²) in [4.78, 5) is 24.4. The summed E-state index contributed by atoms with van der Waals surface area (Å²) < 4.78 is 11.1. The first kappa shape index (κ1) is 19.3. The van der Waals surface area contributed by atoms with Crippen LogP contribution in [-0.2, 0) is 9.53 Å². The predicted molar refractivity (Wildman–Crippen MR) is 104 cm³/mol. The summed E-state index contributed by atoms with van der Waals surface area (Å²) >= 11 is 1.15. The van der Waals surface area contributed by atoms with E-state index in [1.165, 1.54) is 0 Å². The molecule has 2 atom stereocenters. The molecule has 27 heavy (non-hydrogen) atoms. The highest BCUT2D eigenvalue weighted by atomic mass is 32.2. The van der Waals surface area contributed by atoms with Gasteiger partial charge in [0, 0.05) is 17.0 Å². The lowest BCUT2D eigenvalue weighted by molar-refractivity contribution is -0.136. The molecule has 2 aromatic rings. The van der Waals surface area contributed by atoms with Crippen molar-refractivity contribution in [1.82, 2.24) is 0 Å². The van der Waals surface area contributed by atoms with E-state index >= 15 is 0 Å². The largest absolute Gasteiger partial charge is 0.488 e. The quantitative estimate of drug-likeness (QED) is 0.705. The van der Waals surface area contributed by atoms with Crippen LogP contribution in [0.5, 0.6) is 5.75 Å². The van der Waals surface area contributed by atoms with E-state index in [4.69, 9.17) is 14.6 Å². The lowest BCUT2D eigenvalue weighted by Crippen LogP contribution is -2.16. The van der Waals surface area contributed by atoms with Crippen LogP contribution in [0.3, 0.4) is 0 Å². The third-order valence-electron chi connectivity index (χ3n) is 4.09. The SMILES string of the molecule is CC(Sc1ccccc1C(=O)Nc1ccc(OC2CCOC2)cc1)C(=O)O. The highest BCUT2D eigenvalue weighted by molar-refractivity contribution is 8.00. The average molecular weight is 387 g/mol. The number of thioether (sulfide) groups is 1. The summed E-state index contributed by atoms with van der Waals surface area (Å²) in [5, 5.41) is 11.3. The van der Waals surface area contributed by atoms with Crippen LogP contribution in [0.4, 0.5) is 5.69 Å².